The van der Waals surface area contributed by atoms with Crippen molar-refractivity contribution in [2.75, 3.05) is 6.61 Å². The number of amides is 1. The van der Waals surface area contributed by atoms with Crippen LogP contribution in [0.4, 0.5) is 0 Å². The number of nitrogens with zero attached hydrogens (tertiary/aromatic N) is 2. The molecule has 2 heterocycles. The third kappa shape index (κ3) is 4.21. The van der Waals surface area contributed by atoms with Gasteiger partial charge in [0.25, 0.3) is 5.91 Å². The molecule has 0 unspecified atom stereocenters. The highest BCUT2D eigenvalue weighted by atomic mass is 16.5. The standard InChI is InChI=1S/C18H17N3O4/c22-17(15-10-14-8-4-5-9-21(14)20-15)19-16(18(23)24)12-25-11-13-6-2-1-3-7-13/h1-10,16H,11-12H2,(H,19,22)(H,23,24)/t16-/m0/s1. The Morgan fingerprint density at radius 2 is 1.92 bits per heavy atom. The van der Waals surface area contributed by atoms with E-state index < -0.39 is 17.9 Å². The van der Waals surface area contributed by atoms with Crippen molar-refractivity contribution in [3.8, 4) is 0 Å². The third-order valence-electron chi connectivity index (χ3n) is 3.60. The number of carbonyl (C=O) groups excluding carboxylic acids is 1. The van der Waals surface area contributed by atoms with E-state index in [1.807, 2.05) is 36.4 Å². The summed E-state index contributed by atoms with van der Waals surface area (Å²) in [4.78, 5) is 23.6. The predicted octanol–water partition coefficient (Wildman–Crippen LogP) is 1.73. The topological polar surface area (TPSA) is 92.9 Å². The molecule has 0 aliphatic rings. The Morgan fingerprint density at radius 3 is 2.64 bits per heavy atom. The molecule has 2 N–H and O–H groups in total. The summed E-state index contributed by atoms with van der Waals surface area (Å²) in [5.74, 6) is -1.72. The van der Waals surface area contributed by atoms with Crippen molar-refractivity contribution in [2.24, 2.45) is 0 Å². The first kappa shape index (κ1) is 16.7. The van der Waals surface area contributed by atoms with Crippen molar-refractivity contribution in [1.29, 1.82) is 0 Å². The number of hydrogen-bond acceptors (Lipinski definition) is 4. The fourth-order valence-corrected chi connectivity index (χ4v) is 2.32. The van der Waals surface area contributed by atoms with Crippen molar-refractivity contribution in [3.05, 3.63) is 72.1 Å². The van der Waals surface area contributed by atoms with Crippen LogP contribution in [-0.2, 0) is 16.1 Å². The Balaban J connectivity index is 1.60. The zero-order valence-electron chi connectivity index (χ0n) is 13.3. The number of fused-ring (bicyclic) bond motifs is 1. The van der Waals surface area contributed by atoms with Gasteiger partial charge in [0, 0.05) is 6.20 Å². The lowest BCUT2D eigenvalue weighted by molar-refractivity contribution is -0.141. The number of carboxylic acid groups (broad SMARTS) is 1. The minimum atomic E-state index is -1.16. The van der Waals surface area contributed by atoms with Crippen molar-refractivity contribution < 1.29 is 19.4 Å². The molecule has 0 bridgehead atoms. The van der Waals surface area contributed by atoms with E-state index in [1.54, 1.807) is 28.9 Å². The second-order valence-corrected chi connectivity index (χ2v) is 5.46. The first-order valence-corrected chi connectivity index (χ1v) is 7.73. The highest BCUT2D eigenvalue weighted by molar-refractivity contribution is 5.96. The number of aliphatic carboxylic acids is 1. The molecule has 1 atom stereocenters. The lowest BCUT2D eigenvalue weighted by Gasteiger charge is -2.14. The van der Waals surface area contributed by atoms with Gasteiger partial charge in [-0.2, -0.15) is 5.10 Å². The summed E-state index contributed by atoms with van der Waals surface area (Å²) in [6, 6.07) is 15.3. The number of carbonyl (C=O) groups is 2. The quantitative estimate of drug-likeness (QED) is 0.684. The zero-order chi connectivity index (χ0) is 17.6. The largest absolute Gasteiger partial charge is 0.480 e. The van der Waals surface area contributed by atoms with Crippen molar-refractivity contribution in [1.82, 2.24) is 14.9 Å². The van der Waals surface area contributed by atoms with Gasteiger partial charge < -0.3 is 15.2 Å². The van der Waals surface area contributed by atoms with Crippen LogP contribution >= 0.6 is 0 Å². The summed E-state index contributed by atoms with van der Waals surface area (Å²) in [6.07, 6.45) is 1.71. The number of carboxylic acids is 1. The SMILES string of the molecule is O=C(N[C@@H](COCc1ccccc1)C(=O)O)c1cc2ccccn2n1. The highest BCUT2D eigenvalue weighted by Crippen LogP contribution is 2.06. The summed E-state index contributed by atoms with van der Waals surface area (Å²) in [5, 5.41) is 15.9. The first-order chi connectivity index (χ1) is 12.1. The monoisotopic (exact) mass is 339 g/mol. The Hall–Kier alpha value is -3.19. The number of rotatable bonds is 7. The van der Waals surface area contributed by atoms with Gasteiger partial charge in [-0.05, 0) is 23.8 Å². The Labute approximate surface area is 143 Å². The number of aromatic nitrogens is 2. The molecule has 7 nitrogen and oxygen atoms in total. The van der Waals surface area contributed by atoms with Crippen LogP contribution in [0.1, 0.15) is 16.1 Å². The molecular weight excluding hydrogens is 322 g/mol. The second kappa shape index (κ2) is 7.59. The van der Waals surface area contributed by atoms with Crippen molar-refractivity contribution >= 4 is 17.4 Å². The molecule has 0 radical (unpaired) electrons. The van der Waals surface area contributed by atoms with Gasteiger partial charge in [-0.15, -0.1) is 0 Å². The predicted molar refractivity (Wildman–Crippen MR) is 90.2 cm³/mol. The molecule has 0 aliphatic carbocycles. The Morgan fingerprint density at radius 1 is 1.16 bits per heavy atom. The van der Waals surface area contributed by atoms with Gasteiger partial charge >= 0.3 is 5.97 Å². The van der Waals surface area contributed by atoms with Crippen molar-refractivity contribution in [2.45, 2.75) is 12.6 Å². The van der Waals surface area contributed by atoms with Gasteiger partial charge in [0.15, 0.2) is 11.7 Å². The molecule has 3 rings (SSSR count). The maximum Gasteiger partial charge on any atom is 0.328 e. The summed E-state index contributed by atoms with van der Waals surface area (Å²) >= 11 is 0. The van der Waals surface area contributed by atoms with Crippen LogP contribution in [0.25, 0.3) is 5.52 Å². The molecule has 0 fully saturated rings. The fraction of sp³-hybridized carbons (Fsp3) is 0.167. The van der Waals surface area contributed by atoms with Crippen LogP contribution in [0.3, 0.4) is 0 Å². The van der Waals surface area contributed by atoms with Gasteiger partial charge in [-0.3, -0.25) is 4.79 Å². The minimum Gasteiger partial charge on any atom is -0.480 e. The van der Waals surface area contributed by atoms with E-state index in [4.69, 9.17) is 4.74 Å². The third-order valence-corrected chi connectivity index (χ3v) is 3.60. The van der Waals surface area contributed by atoms with E-state index in [-0.39, 0.29) is 18.9 Å². The van der Waals surface area contributed by atoms with Crippen LogP contribution in [-0.4, -0.2) is 39.2 Å². The summed E-state index contributed by atoms with van der Waals surface area (Å²) in [5.41, 5.74) is 1.83. The molecule has 0 saturated carbocycles. The molecule has 2 aromatic heterocycles. The van der Waals surface area contributed by atoms with Crippen LogP contribution in [0.2, 0.25) is 0 Å². The molecule has 128 valence electrons. The minimum absolute atomic E-state index is 0.136. The number of hydrogen-bond donors (Lipinski definition) is 2. The normalized spacial score (nSPS) is 12.0. The first-order valence-electron chi connectivity index (χ1n) is 7.73. The number of pyridine rings is 1. The molecule has 7 heteroatoms. The number of benzene rings is 1. The molecule has 0 saturated heterocycles. The Bertz CT molecular complexity index is 843. The maximum atomic E-state index is 12.3. The van der Waals surface area contributed by atoms with Crippen molar-refractivity contribution in [3.63, 3.8) is 0 Å². The smallest absolute Gasteiger partial charge is 0.328 e. The van der Waals surface area contributed by atoms with E-state index in [2.05, 4.69) is 10.4 Å². The van der Waals surface area contributed by atoms with Gasteiger partial charge in [-0.25, -0.2) is 9.31 Å². The maximum absolute atomic E-state index is 12.3. The molecule has 0 aliphatic heterocycles. The van der Waals surface area contributed by atoms with Gasteiger partial charge in [0.1, 0.15) is 0 Å². The fourth-order valence-electron chi connectivity index (χ4n) is 2.32. The van der Waals surface area contributed by atoms with E-state index in [9.17, 15) is 14.7 Å². The molecule has 3 aromatic rings. The zero-order valence-corrected chi connectivity index (χ0v) is 13.3. The van der Waals surface area contributed by atoms with Gasteiger partial charge in [0.2, 0.25) is 0 Å². The van der Waals surface area contributed by atoms with Crippen LogP contribution in [0, 0.1) is 0 Å². The van der Waals surface area contributed by atoms with Crippen LogP contribution < -0.4 is 5.32 Å². The van der Waals surface area contributed by atoms with E-state index in [1.165, 1.54) is 0 Å². The van der Waals surface area contributed by atoms with E-state index >= 15 is 0 Å². The van der Waals surface area contributed by atoms with Gasteiger partial charge in [0.05, 0.1) is 18.7 Å². The molecular formula is C18H17N3O4. The highest BCUT2D eigenvalue weighted by Gasteiger charge is 2.22. The van der Waals surface area contributed by atoms with E-state index in [0.29, 0.717) is 0 Å². The molecule has 1 amide bonds. The average Bonchev–Trinajstić information content (AvgIpc) is 3.06. The number of nitrogens with one attached hydrogen (secondary N) is 1. The Kier molecular flexibility index (Phi) is 5.06. The van der Waals surface area contributed by atoms with E-state index in [0.717, 1.165) is 11.1 Å². The molecule has 1 aromatic carbocycles. The second-order valence-electron chi connectivity index (χ2n) is 5.46. The number of ether oxygens (including phenoxy) is 1. The average molecular weight is 339 g/mol. The molecule has 25 heavy (non-hydrogen) atoms. The lowest BCUT2D eigenvalue weighted by atomic mass is 10.2. The van der Waals surface area contributed by atoms with Crippen LogP contribution in [0.5, 0.6) is 0 Å². The summed E-state index contributed by atoms with van der Waals surface area (Å²) < 4.78 is 6.97. The van der Waals surface area contributed by atoms with Gasteiger partial charge in [-0.1, -0.05) is 36.4 Å². The van der Waals surface area contributed by atoms with Crippen LogP contribution in [0.15, 0.2) is 60.8 Å². The lowest BCUT2D eigenvalue weighted by Crippen LogP contribution is -2.44. The summed E-state index contributed by atoms with van der Waals surface area (Å²) in [7, 11) is 0. The molecule has 0 spiro atoms. The summed E-state index contributed by atoms with van der Waals surface area (Å²) in [6.45, 7) is 0.137.